The molecular weight excluding hydrogens is 236 g/mol. The Morgan fingerprint density at radius 3 is 2.67 bits per heavy atom. The van der Waals surface area contributed by atoms with E-state index >= 15 is 0 Å². The Bertz CT molecular complexity index is 609. The number of hydrogen-bond donors (Lipinski definition) is 2. The van der Waals surface area contributed by atoms with E-state index in [1.807, 2.05) is 0 Å². The average molecular weight is 250 g/mol. The van der Waals surface area contributed by atoms with Crippen LogP contribution in [0.2, 0.25) is 0 Å². The molecule has 0 bridgehead atoms. The SMILES string of the molecule is CC(C)C(N)C(=O)n1c(C(=O)O)cc2occc21. The van der Waals surface area contributed by atoms with E-state index in [9.17, 15) is 9.59 Å². The highest BCUT2D eigenvalue weighted by atomic mass is 16.4. The number of aromatic nitrogens is 1. The van der Waals surface area contributed by atoms with Crippen molar-refractivity contribution in [1.82, 2.24) is 4.57 Å². The lowest BCUT2D eigenvalue weighted by atomic mass is 10.0. The highest BCUT2D eigenvalue weighted by Gasteiger charge is 2.26. The van der Waals surface area contributed by atoms with Crippen LogP contribution in [0.1, 0.15) is 29.1 Å². The van der Waals surface area contributed by atoms with Crippen LogP contribution < -0.4 is 5.73 Å². The fourth-order valence-corrected chi connectivity index (χ4v) is 1.75. The number of hydrogen-bond acceptors (Lipinski definition) is 4. The van der Waals surface area contributed by atoms with Crippen LogP contribution in [-0.2, 0) is 0 Å². The number of rotatable bonds is 3. The summed E-state index contributed by atoms with van der Waals surface area (Å²) in [6.07, 6.45) is 1.40. The third kappa shape index (κ3) is 1.80. The zero-order valence-corrected chi connectivity index (χ0v) is 10.1. The summed E-state index contributed by atoms with van der Waals surface area (Å²) in [6.45, 7) is 3.61. The van der Waals surface area contributed by atoms with Crippen molar-refractivity contribution in [1.29, 1.82) is 0 Å². The first kappa shape index (κ1) is 12.4. The zero-order chi connectivity index (χ0) is 13.4. The monoisotopic (exact) mass is 250 g/mol. The second-order valence-electron chi connectivity index (χ2n) is 4.45. The molecular formula is C12H14N2O4. The maximum atomic E-state index is 12.2. The third-order valence-electron chi connectivity index (χ3n) is 2.87. The Kier molecular flexibility index (Phi) is 2.96. The predicted molar refractivity (Wildman–Crippen MR) is 64.6 cm³/mol. The molecule has 18 heavy (non-hydrogen) atoms. The summed E-state index contributed by atoms with van der Waals surface area (Å²) in [5.41, 5.74) is 6.43. The summed E-state index contributed by atoms with van der Waals surface area (Å²) in [5.74, 6) is -1.71. The molecule has 0 aliphatic rings. The van der Waals surface area contributed by atoms with Crippen LogP contribution in [0.5, 0.6) is 0 Å². The number of carboxylic acids is 1. The number of carbonyl (C=O) groups excluding carboxylic acids is 1. The number of aromatic carboxylic acids is 1. The van der Waals surface area contributed by atoms with Gasteiger partial charge in [-0.3, -0.25) is 9.36 Å². The predicted octanol–water partition coefficient (Wildman–Crippen LogP) is 1.56. The molecule has 0 aromatic carbocycles. The summed E-state index contributed by atoms with van der Waals surface area (Å²) in [7, 11) is 0. The van der Waals surface area contributed by atoms with Gasteiger partial charge in [-0.25, -0.2) is 4.79 Å². The maximum absolute atomic E-state index is 12.2. The number of nitrogens with zero attached hydrogens (tertiary/aromatic N) is 1. The van der Waals surface area contributed by atoms with Crippen LogP contribution in [-0.4, -0.2) is 27.6 Å². The molecule has 3 N–H and O–H groups in total. The van der Waals surface area contributed by atoms with Crippen LogP contribution in [0.25, 0.3) is 11.1 Å². The van der Waals surface area contributed by atoms with Crippen LogP contribution >= 0.6 is 0 Å². The van der Waals surface area contributed by atoms with E-state index in [-0.39, 0.29) is 11.6 Å². The third-order valence-corrected chi connectivity index (χ3v) is 2.87. The number of carboxylic acid groups (broad SMARTS) is 1. The number of carbonyl (C=O) groups is 2. The molecule has 2 aromatic rings. The fraction of sp³-hybridized carbons (Fsp3) is 0.333. The lowest BCUT2D eigenvalue weighted by molar-refractivity contribution is 0.0669. The molecule has 0 radical (unpaired) electrons. The maximum Gasteiger partial charge on any atom is 0.353 e. The first-order valence-electron chi connectivity index (χ1n) is 5.55. The standard InChI is InChI=1S/C12H14N2O4/c1-6(2)10(13)11(15)14-7-3-4-18-9(7)5-8(14)12(16)17/h3-6,10H,13H2,1-2H3,(H,16,17). The van der Waals surface area contributed by atoms with E-state index in [4.69, 9.17) is 15.3 Å². The quantitative estimate of drug-likeness (QED) is 0.861. The molecule has 6 nitrogen and oxygen atoms in total. The van der Waals surface area contributed by atoms with Crippen molar-refractivity contribution in [3.63, 3.8) is 0 Å². The fourth-order valence-electron chi connectivity index (χ4n) is 1.75. The van der Waals surface area contributed by atoms with Gasteiger partial charge in [0.25, 0.3) is 0 Å². The van der Waals surface area contributed by atoms with E-state index in [0.29, 0.717) is 11.1 Å². The molecule has 0 aliphatic carbocycles. The van der Waals surface area contributed by atoms with Crippen molar-refractivity contribution >= 4 is 23.0 Å². The molecule has 96 valence electrons. The Morgan fingerprint density at radius 1 is 1.44 bits per heavy atom. The van der Waals surface area contributed by atoms with Gasteiger partial charge in [0.15, 0.2) is 5.58 Å². The lowest BCUT2D eigenvalue weighted by Crippen LogP contribution is -2.40. The van der Waals surface area contributed by atoms with Gasteiger partial charge in [-0.2, -0.15) is 0 Å². The summed E-state index contributed by atoms with van der Waals surface area (Å²) < 4.78 is 6.21. The summed E-state index contributed by atoms with van der Waals surface area (Å²) in [5, 5.41) is 9.10. The summed E-state index contributed by atoms with van der Waals surface area (Å²) in [6, 6.07) is 2.11. The molecule has 0 saturated carbocycles. The van der Waals surface area contributed by atoms with Gasteiger partial charge < -0.3 is 15.3 Å². The number of fused-ring (bicyclic) bond motifs is 1. The van der Waals surface area contributed by atoms with Gasteiger partial charge in [0.2, 0.25) is 5.91 Å². The highest BCUT2D eigenvalue weighted by Crippen LogP contribution is 2.22. The van der Waals surface area contributed by atoms with Crippen LogP contribution in [0.3, 0.4) is 0 Å². The van der Waals surface area contributed by atoms with E-state index in [2.05, 4.69) is 0 Å². The molecule has 0 amide bonds. The number of nitrogens with two attached hydrogens (primary N) is 1. The van der Waals surface area contributed by atoms with Crippen LogP contribution in [0, 0.1) is 5.92 Å². The van der Waals surface area contributed by atoms with E-state index in [1.165, 1.54) is 12.3 Å². The minimum Gasteiger partial charge on any atom is -0.477 e. The van der Waals surface area contributed by atoms with Gasteiger partial charge in [0.1, 0.15) is 5.69 Å². The minimum absolute atomic E-state index is 0.0801. The van der Waals surface area contributed by atoms with E-state index in [1.54, 1.807) is 19.9 Å². The van der Waals surface area contributed by atoms with Gasteiger partial charge in [0, 0.05) is 12.1 Å². The van der Waals surface area contributed by atoms with Crippen molar-refractivity contribution in [3.8, 4) is 0 Å². The summed E-state index contributed by atoms with van der Waals surface area (Å²) in [4.78, 5) is 23.3. The molecule has 0 aliphatic heterocycles. The smallest absolute Gasteiger partial charge is 0.353 e. The Morgan fingerprint density at radius 2 is 2.11 bits per heavy atom. The average Bonchev–Trinajstić information content (AvgIpc) is 2.85. The van der Waals surface area contributed by atoms with Crippen LogP contribution in [0.15, 0.2) is 22.8 Å². The van der Waals surface area contributed by atoms with Crippen molar-refractivity contribution in [2.24, 2.45) is 11.7 Å². The largest absolute Gasteiger partial charge is 0.477 e. The van der Waals surface area contributed by atoms with E-state index in [0.717, 1.165) is 4.57 Å². The van der Waals surface area contributed by atoms with Gasteiger partial charge in [-0.15, -0.1) is 0 Å². The van der Waals surface area contributed by atoms with Crippen molar-refractivity contribution in [3.05, 3.63) is 24.1 Å². The second kappa shape index (κ2) is 4.30. The Hall–Kier alpha value is -2.08. The molecule has 0 spiro atoms. The minimum atomic E-state index is -1.19. The zero-order valence-electron chi connectivity index (χ0n) is 10.1. The normalized spacial score (nSPS) is 13.1. The van der Waals surface area contributed by atoms with Crippen molar-refractivity contribution in [2.45, 2.75) is 19.9 Å². The number of furan rings is 1. The molecule has 0 saturated heterocycles. The van der Waals surface area contributed by atoms with E-state index < -0.39 is 17.9 Å². The molecule has 1 unspecified atom stereocenters. The van der Waals surface area contributed by atoms with Crippen LogP contribution in [0.4, 0.5) is 0 Å². The van der Waals surface area contributed by atoms with Gasteiger partial charge >= 0.3 is 5.97 Å². The molecule has 0 fully saturated rings. The first-order valence-corrected chi connectivity index (χ1v) is 5.55. The van der Waals surface area contributed by atoms with Gasteiger partial charge in [-0.05, 0) is 5.92 Å². The van der Waals surface area contributed by atoms with Gasteiger partial charge in [0.05, 0.1) is 17.8 Å². The topological polar surface area (TPSA) is 98.5 Å². The van der Waals surface area contributed by atoms with Crippen molar-refractivity contribution < 1.29 is 19.1 Å². The lowest BCUT2D eigenvalue weighted by Gasteiger charge is -2.16. The van der Waals surface area contributed by atoms with Gasteiger partial charge in [-0.1, -0.05) is 13.8 Å². The molecule has 2 heterocycles. The second-order valence-corrected chi connectivity index (χ2v) is 4.45. The molecule has 2 aromatic heterocycles. The molecule has 2 rings (SSSR count). The molecule has 1 atom stereocenters. The molecule has 6 heteroatoms. The van der Waals surface area contributed by atoms with Crippen molar-refractivity contribution in [2.75, 3.05) is 0 Å². The first-order chi connectivity index (χ1) is 8.43. The highest BCUT2D eigenvalue weighted by molar-refractivity contribution is 6.02. The summed E-state index contributed by atoms with van der Waals surface area (Å²) >= 11 is 0. The Balaban J connectivity index is 2.60. The Labute approximate surface area is 103 Å².